The molecule has 4 heteroatoms. The first kappa shape index (κ1) is 16.4. The minimum absolute atomic E-state index is 0.494. The fraction of sp³-hybridized carbons (Fsp3) is 0.294. The molecule has 0 saturated carbocycles. The number of halogens is 1. The fourth-order valence-electron chi connectivity index (χ4n) is 2.13. The Morgan fingerprint density at radius 1 is 1.19 bits per heavy atom. The van der Waals surface area contributed by atoms with Crippen molar-refractivity contribution in [2.24, 2.45) is 0 Å². The van der Waals surface area contributed by atoms with Gasteiger partial charge in [0.2, 0.25) is 0 Å². The highest BCUT2D eigenvalue weighted by molar-refractivity contribution is 9.10. The summed E-state index contributed by atoms with van der Waals surface area (Å²) >= 11 is 5.27. The number of aliphatic hydroxyl groups is 1. The maximum Gasteiger partial charge on any atom is 0.133 e. The van der Waals surface area contributed by atoms with Crippen LogP contribution in [0.3, 0.4) is 0 Å². The van der Waals surface area contributed by atoms with E-state index in [0.717, 1.165) is 27.1 Å². The molecule has 0 heterocycles. The zero-order valence-electron chi connectivity index (χ0n) is 12.2. The number of benzene rings is 2. The molecule has 2 nitrogen and oxygen atoms in total. The van der Waals surface area contributed by atoms with E-state index >= 15 is 0 Å². The summed E-state index contributed by atoms with van der Waals surface area (Å²) in [5.41, 5.74) is 2.02. The van der Waals surface area contributed by atoms with Gasteiger partial charge in [0.05, 0.1) is 17.7 Å². The summed E-state index contributed by atoms with van der Waals surface area (Å²) in [6, 6.07) is 14.0. The van der Waals surface area contributed by atoms with Gasteiger partial charge in [0.15, 0.2) is 0 Å². The Balaban J connectivity index is 2.06. The molecular weight excluding hydrogens is 348 g/mol. The van der Waals surface area contributed by atoms with Gasteiger partial charge in [-0.05, 0) is 57.1 Å². The summed E-state index contributed by atoms with van der Waals surface area (Å²) in [4.78, 5) is 1.24. The normalized spacial score (nSPS) is 12.2. The minimum atomic E-state index is -0.494. The molecule has 0 bridgehead atoms. The van der Waals surface area contributed by atoms with Gasteiger partial charge < -0.3 is 9.84 Å². The van der Waals surface area contributed by atoms with Gasteiger partial charge in [-0.25, -0.2) is 0 Å². The molecule has 0 spiro atoms. The molecular formula is C17H19BrO2S. The number of thioether (sulfide) groups is 1. The third-order valence-electron chi connectivity index (χ3n) is 3.22. The van der Waals surface area contributed by atoms with Gasteiger partial charge in [0, 0.05) is 11.3 Å². The maximum absolute atomic E-state index is 10.4. The molecule has 0 fully saturated rings. The average Bonchev–Trinajstić information content (AvgIpc) is 2.48. The van der Waals surface area contributed by atoms with E-state index in [1.807, 2.05) is 30.3 Å². The molecule has 1 unspecified atom stereocenters. The minimum Gasteiger partial charge on any atom is -0.496 e. The molecule has 1 atom stereocenters. The highest BCUT2D eigenvalue weighted by atomic mass is 79.9. The molecule has 2 aromatic rings. The van der Waals surface area contributed by atoms with Crippen molar-refractivity contribution in [2.75, 3.05) is 12.9 Å². The zero-order valence-corrected chi connectivity index (χ0v) is 14.6. The van der Waals surface area contributed by atoms with Crippen LogP contribution in [-0.4, -0.2) is 18.0 Å². The van der Waals surface area contributed by atoms with Gasteiger partial charge in [0.25, 0.3) is 0 Å². The number of hydrogen-bond donors (Lipinski definition) is 1. The summed E-state index contributed by atoms with van der Waals surface area (Å²) in [6.45, 7) is 2.13. The molecule has 2 rings (SSSR count). The number of rotatable bonds is 6. The van der Waals surface area contributed by atoms with Gasteiger partial charge in [-0.3, -0.25) is 0 Å². The topological polar surface area (TPSA) is 29.5 Å². The second-order valence-electron chi connectivity index (χ2n) is 4.69. The summed E-state index contributed by atoms with van der Waals surface area (Å²) in [5, 5.41) is 10.4. The van der Waals surface area contributed by atoms with Crippen molar-refractivity contribution >= 4 is 27.7 Å². The van der Waals surface area contributed by atoms with Crippen LogP contribution in [0.25, 0.3) is 0 Å². The van der Waals surface area contributed by atoms with Crippen LogP contribution in [0, 0.1) is 0 Å². The lowest BCUT2D eigenvalue weighted by atomic mass is 10.0. The van der Waals surface area contributed by atoms with E-state index in [4.69, 9.17) is 4.74 Å². The van der Waals surface area contributed by atoms with E-state index in [-0.39, 0.29) is 0 Å². The van der Waals surface area contributed by atoms with Crippen molar-refractivity contribution in [1.82, 2.24) is 0 Å². The van der Waals surface area contributed by atoms with Crippen molar-refractivity contribution in [3.05, 3.63) is 58.1 Å². The predicted octanol–water partition coefficient (Wildman–Crippen LogP) is 4.85. The van der Waals surface area contributed by atoms with E-state index in [0.29, 0.717) is 6.42 Å². The lowest BCUT2D eigenvalue weighted by Crippen LogP contribution is -2.02. The van der Waals surface area contributed by atoms with E-state index < -0.39 is 6.10 Å². The second-order valence-corrected chi connectivity index (χ2v) is 6.88. The second kappa shape index (κ2) is 7.87. The number of ether oxygens (including phenoxy) is 1. The summed E-state index contributed by atoms with van der Waals surface area (Å²) in [6.07, 6.45) is 0.0917. The molecule has 0 aliphatic heterocycles. The van der Waals surface area contributed by atoms with Crippen LogP contribution in [0.5, 0.6) is 5.75 Å². The first-order chi connectivity index (χ1) is 10.1. The maximum atomic E-state index is 10.4. The molecule has 1 N–H and O–H groups in total. The molecule has 0 aliphatic rings. The van der Waals surface area contributed by atoms with Crippen LogP contribution in [0.4, 0.5) is 0 Å². The van der Waals surface area contributed by atoms with Crippen LogP contribution in [-0.2, 0) is 6.42 Å². The number of hydrogen-bond acceptors (Lipinski definition) is 3. The Kier molecular flexibility index (Phi) is 6.15. The Morgan fingerprint density at radius 3 is 2.48 bits per heavy atom. The third kappa shape index (κ3) is 4.50. The van der Waals surface area contributed by atoms with Crippen molar-refractivity contribution in [3.8, 4) is 5.75 Å². The van der Waals surface area contributed by atoms with Gasteiger partial charge in [-0.2, -0.15) is 0 Å². The van der Waals surface area contributed by atoms with Crippen LogP contribution in [0.2, 0.25) is 0 Å². The monoisotopic (exact) mass is 366 g/mol. The van der Waals surface area contributed by atoms with E-state index in [2.05, 4.69) is 35.0 Å². The van der Waals surface area contributed by atoms with Crippen LogP contribution in [0.15, 0.2) is 51.8 Å². The summed E-state index contributed by atoms with van der Waals surface area (Å²) in [7, 11) is 1.64. The lowest BCUT2D eigenvalue weighted by molar-refractivity contribution is 0.178. The third-order valence-corrected chi connectivity index (χ3v) is 4.74. The van der Waals surface area contributed by atoms with Crippen LogP contribution >= 0.6 is 27.7 Å². The van der Waals surface area contributed by atoms with E-state index in [9.17, 15) is 5.11 Å². The largest absolute Gasteiger partial charge is 0.496 e. The van der Waals surface area contributed by atoms with Crippen molar-refractivity contribution in [3.63, 3.8) is 0 Å². The Bertz CT molecular complexity index is 584. The molecule has 0 aromatic heterocycles. The standard InChI is InChI=1S/C17H19BrO2S/c1-3-21-14-7-5-13(6-8-14)16(19)11-12-4-9-17(20-2)15(18)10-12/h4-10,16,19H,3,11H2,1-2H3. The Hall–Kier alpha value is -0.970. The first-order valence-electron chi connectivity index (χ1n) is 6.87. The van der Waals surface area contributed by atoms with Gasteiger partial charge in [-0.15, -0.1) is 11.8 Å². The SMILES string of the molecule is CCSc1ccc(C(O)Cc2ccc(OC)c(Br)c2)cc1. The Morgan fingerprint density at radius 2 is 1.90 bits per heavy atom. The van der Waals surface area contributed by atoms with Gasteiger partial charge in [0.1, 0.15) is 5.75 Å². The molecule has 0 radical (unpaired) electrons. The number of methoxy groups -OCH3 is 1. The van der Waals surface area contributed by atoms with E-state index in [1.54, 1.807) is 18.9 Å². The van der Waals surface area contributed by atoms with Crippen molar-refractivity contribution < 1.29 is 9.84 Å². The van der Waals surface area contributed by atoms with Crippen LogP contribution < -0.4 is 4.74 Å². The zero-order chi connectivity index (χ0) is 15.2. The fourth-order valence-corrected chi connectivity index (χ4v) is 3.38. The predicted molar refractivity (Wildman–Crippen MR) is 92.2 cm³/mol. The molecule has 112 valence electrons. The van der Waals surface area contributed by atoms with Crippen molar-refractivity contribution in [1.29, 1.82) is 0 Å². The molecule has 0 amide bonds. The summed E-state index contributed by atoms with van der Waals surface area (Å²) < 4.78 is 6.12. The first-order valence-corrected chi connectivity index (χ1v) is 8.65. The number of aliphatic hydroxyl groups excluding tert-OH is 1. The van der Waals surface area contributed by atoms with Gasteiger partial charge >= 0.3 is 0 Å². The van der Waals surface area contributed by atoms with Gasteiger partial charge in [-0.1, -0.05) is 25.1 Å². The average molecular weight is 367 g/mol. The highest BCUT2D eigenvalue weighted by Crippen LogP contribution is 2.28. The highest BCUT2D eigenvalue weighted by Gasteiger charge is 2.10. The smallest absolute Gasteiger partial charge is 0.133 e. The molecule has 21 heavy (non-hydrogen) atoms. The lowest BCUT2D eigenvalue weighted by Gasteiger charge is -2.13. The summed E-state index contributed by atoms with van der Waals surface area (Å²) in [5.74, 6) is 1.86. The Labute approximate surface area is 138 Å². The van der Waals surface area contributed by atoms with E-state index in [1.165, 1.54) is 4.90 Å². The molecule has 2 aromatic carbocycles. The molecule has 0 aliphatic carbocycles. The quantitative estimate of drug-likeness (QED) is 0.741. The van der Waals surface area contributed by atoms with Crippen molar-refractivity contribution in [2.45, 2.75) is 24.3 Å². The molecule has 0 saturated heterocycles. The van der Waals surface area contributed by atoms with Crippen LogP contribution in [0.1, 0.15) is 24.2 Å².